The molecule has 0 amide bonds. The zero-order chi connectivity index (χ0) is 29.2. The van der Waals surface area contributed by atoms with Gasteiger partial charge >= 0.3 is 5.97 Å². The van der Waals surface area contributed by atoms with Crippen LogP contribution in [0.25, 0.3) is 11.1 Å². The van der Waals surface area contributed by atoms with Gasteiger partial charge in [-0.25, -0.2) is 4.98 Å². The second-order valence-electron chi connectivity index (χ2n) is 11.1. The highest BCUT2D eigenvalue weighted by atomic mass is 32.2. The highest BCUT2D eigenvalue weighted by molar-refractivity contribution is 7.98. The summed E-state index contributed by atoms with van der Waals surface area (Å²) in [4.78, 5) is 16.4. The summed E-state index contributed by atoms with van der Waals surface area (Å²) in [6.45, 7) is 2.42. The van der Waals surface area contributed by atoms with Crippen molar-refractivity contribution in [2.24, 2.45) is 13.0 Å². The molecule has 2 unspecified atom stereocenters. The summed E-state index contributed by atoms with van der Waals surface area (Å²) in [5, 5.41) is 28.1. The molecule has 0 aliphatic heterocycles. The monoisotopic (exact) mass is 580 g/mol. The van der Waals surface area contributed by atoms with Crippen LogP contribution >= 0.6 is 11.8 Å². The number of nitrogens with one attached hydrogen (secondary N) is 1. The number of carboxylic acids is 1. The van der Waals surface area contributed by atoms with Gasteiger partial charge in [-0.3, -0.25) is 14.8 Å². The minimum Gasteiger partial charge on any atom is -0.480 e. The molecule has 1 aromatic heterocycles. The van der Waals surface area contributed by atoms with Gasteiger partial charge < -0.3 is 14.9 Å². The van der Waals surface area contributed by atoms with E-state index in [0.29, 0.717) is 24.3 Å². The van der Waals surface area contributed by atoms with Crippen molar-refractivity contribution in [2.75, 3.05) is 12.0 Å². The molecule has 3 atom stereocenters. The van der Waals surface area contributed by atoms with Crippen LogP contribution in [0, 0.1) is 12.8 Å². The largest absolute Gasteiger partial charge is 0.480 e. The molecule has 4 rings (SSSR count). The fourth-order valence-corrected chi connectivity index (χ4v) is 6.25. The lowest BCUT2D eigenvalue weighted by Crippen LogP contribution is -2.39. The van der Waals surface area contributed by atoms with Gasteiger partial charge in [0.2, 0.25) is 0 Å². The maximum Gasteiger partial charge on any atom is 0.320 e. The van der Waals surface area contributed by atoms with Crippen LogP contribution < -0.4 is 5.32 Å². The van der Waals surface area contributed by atoms with Gasteiger partial charge in [0, 0.05) is 12.6 Å². The first-order valence-corrected chi connectivity index (χ1v) is 16.1. The number of carboxylic acid groups (broad SMARTS) is 1. The van der Waals surface area contributed by atoms with Crippen molar-refractivity contribution in [3.63, 3.8) is 0 Å². The van der Waals surface area contributed by atoms with Crippen molar-refractivity contribution in [2.45, 2.75) is 83.3 Å². The van der Waals surface area contributed by atoms with E-state index in [1.165, 1.54) is 32.1 Å². The summed E-state index contributed by atoms with van der Waals surface area (Å²) >= 11 is 1.58. The first-order valence-electron chi connectivity index (χ1n) is 14.7. The van der Waals surface area contributed by atoms with Crippen molar-refractivity contribution < 1.29 is 19.7 Å². The quantitative estimate of drug-likeness (QED) is 0.183. The zero-order valence-corrected chi connectivity index (χ0v) is 25.3. The van der Waals surface area contributed by atoms with Crippen LogP contribution in [0.1, 0.15) is 86.2 Å². The summed E-state index contributed by atoms with van der Waals surface area (Å²) < 4.78 is 8.32. The molecule has 0 spiro atoms. The number of nitrogens with zero attached hydrogens (tertiary/aromatic N) is 3. The number of aliphatic hydroxyl groups is 1. The predicted octanol–water partition coefficient (Wildman–Crippen LogP) is 6.20. The van der Waals surface area contributed by atoms with Crippen LogP contribution in [0.4, 0.5) is 0 Å². The molecule has 0 saturated heterocycles. The number of rotatable bonds is 15. The third-order valence-electron chi connectivity index (χ3n) is 8.16. The van der Waals surface area contributed by atoms with E-state index in [1.54, 1.807) is 22.8 Å². The van der Waals surface area contributed by atoms with E-state index in [0.717, 1.165) is 46.8 Å². The molecule has 3 N–H and O–H groups in total. The van der Waals surface area contributed by atoms with Crippen LogP contribution in [-0.2, 0) is 23.2 Å². The Morgan fingerprint density at radius 1 is 1.15 bits per heavy atom. The van der Waals surface area contributed by atoms with Gasteiger partial charge in [0.15, 0.2) is 5.82 Å². The van der Waals surface area contributed by atoms with Gasteiger partial charge in [-0.2, -0.15) is 16.9 Å². The Bertz CT molecular complexity index is 1260. The number of ether oxygens (including phenoxy) is 1. The molecule has 8 nitrogen and oxygen atoms in total. The average molecular weight is 581 g/mol. The third kappa shape index (κ3) is 8.64. The first-order chi connectivity index (χ1) is 19.9. The molecule has 1 saturated carbocycles. The number of hydrogen-bond donors (Lipinski definition) is 3. The molecule has 0 bridgehead atoms. The maximum atomic E-state index is 11.8. The summed E-state index contributed by atoms with van der Waals surface area (Å²) in [6.07, 6.45) is 11.2. The van der Waals surface area contributed by atoms with E-state index in [2.05, 4.69) is 21.5 Å². The number of aromatic nitrogens is 3. The maximum absolute atomic E-state index is 11.8. The van der Waals surface area contributed by atoms with Crippen LogP contribution in [-0.4, -0.2) is 49.0 Å². The molecular weight excluding hydrogens is 536 g/mol. The van der Waals surface area contributed by atoms with Gasteiger partial charge in [0.05, 0.1) is 6.61 Å². The predicted molar refractivity (Wildman–Crippen MR) is 163 cm³/mol. The van der Waals surface area contributed by atoms with Gasteiger partial charge in [0.25, 0.3) is 0 Å². The van der Waals surface area contributed by atoms with Crippen molar-refractivity contribution in [1.82, 2.24) is 20.1 Å². The molecule has 222 valence electrons. The Hall–Kier alpha value is -2.72. The lowest BCUT2D eigenvalue weighted by atomic mass is 9.85. The molecule has 9 heteroatoms. The number of thioether (sulfide) groups is 1. The van der Waals surface area contributed by atoms with Crippen molar-refractivity contribution in [3.8, 4) is 11.1 Å². The Kier molecular flexibility index (Phi) is 11.8. The summed E-state index contributed by atoms with van der Waals surface area (Å²) in [5.41, 5.74) is 4.53. The van der Waals surface area contributed by atoms with Gasteiger partial charge in [0.1, 0.15) is 24.7 Å². The number of benzene rings is 2. The lowest BCUT2D eigenvalue weighted by molar-refractivity contribution is -0.140. The van der Waals surface area contributed by atoms with E-state index >= 15 is 0 Å². The molecule has 41 heavy (non-hydrogen) atoms. The summed E-state index contributed by atoms with van der Waals surface area (Å²) in [5.74, 6) is 1.30. The van der Waals surface area contributed by atoms with Crippen LogP contribution in [0.15, 0.2) is 48.8 Å². The minimum atomic E-state index is -1.13. The standard InChI is InChI=1S/C32H44N4O4S/c1-22-9-7-8-12-25(22)27-19-24(13-15-26(27)31(37)35-28(32(38)39)17-18-41-3)20-40-29(30-33-21-34-36(30)2)16-14-23-10-5-4-6-11-23/h7-9,12-13,15,19,21,23,28-29,31,35,37H,4-6,10-11,14,16-18,20H2,1-3H3,(H,38,39)/t28-,29?,31?/m0/s1. The fraction of sp³-hybridized carbons (Fsp3) is 0.531. The fourth-order valence-electron chi connectivity index (χ4n) is 5.78. The normalized spacial score (nSPS) is 16.4. The van der Waals surface area contributed by atoms with Crippen LogP contribution in [0.5, 0.6) is 0 Å². The second-order valence-corrected chi connectivity index (χ2v) is 12.1. The van der Waals surface area contributed by atoms with E-state index in [-0.39, 0.29) is 6.10 Å². The average Bonchev–Trinajstić information content (AvgIpc) is 3.41. The third-order valence-corrected chi connectivity index (χ3v) is 8.81. The highest BCUT2D eigenvalue weighted by Crippen LogP contribution is 2.34. The molecule has 1 fully saturated rings. The lowest BCUT2D eigenvalue weighted by Gasteiger charge is -2.25. The summed E-state index contributed by atoms with van der Waals surface area (Å²) in [6, 6.07) is 13.1. The SMILES string of the molecule is CSCC[C@H](NC(O)c1ccc(COC(CCC2CCCCC2)c2ncnn2C)cc1-c1ccccc1C)C(=O)O. The zero-order valence-electron chi connectivity index (χ0n) is 24.5. The Morgan fingerprint density at radius 2 is 1.93 bits per heavy atom. The second kappa shape index (κ2) is 15.5. The molecular formula is C32H44N4O4S. The van der Waals surface area contributed by atoms with E-state index < -0.39 is 18.2 Å². The Labute approximate surface area is 247 Å². The topological polar surface area (TPSA) is 109 Å². The van der Waals surface area contributed by atoms with Crippen molar-refractivity contribution in [3.05, 3.63) is 71.3 Å². The number of aryl methyl sites for hydroxylation is 2. The van der Waals surface area contributed by atoms with E-state index in [4.69, 9.17) is 4.74 Å². The number of aliphatic carboxylic acids is 1. The molecule has 1 aliphatic rings. The Balaban J connectivity index is 1.56. The van der Waals surface area contributed by atoms with Gasteiger partial charge in [-0.1, -0.05) is 68.5 Å². The molecule has 1 heterocycles. The smallest absolute Gasteiger partial charge is 0.320 e. The molecule has 2 aromatic carbocycles. The molecule has 0 radical (unpaired) electrons. The Morgan fingerprint density at radius 3 is 2.61 bits per heavy atom. The van der Waals surface area contributed by atoms with Crippen molar-refractivity contribution >= 4 is 17.7 Å². The van der Waals surface area contributed by atoms with Crippen LogP contribution in [0.2, 0.25) is 0 Å². The highest BCUT2D eigenvalue weighted by Gasteiger charge is 2.25. The molecule has 3 aromatic rings. The van der Waals surface area contributed by atoms with E-state index in [9.17, 15) is 15.0 Å². The first kappa shape index (κ1) is 31.2. The molecule has 1 aliphatic carbocycles. The number of aliphatic hydroxyl groups excluding tert-OH is 1. The number of carbonyl (C=O) groups is 1. The summed E-state index contributed by atoms with van der Waals surface area (Å²) in [7, 11) is 1.91. The van der Waals surface area contributed by atoms with Gasteiger partial charge in [-0.05, 0) is 72.4 Å². The number of hydrogen-bond acceptors (Lipinski definition) is 7. The van der Waals surface area contributed by atoms with E-state index in [1.807, 2.05) is 56.6 Å². The van der Waals surface area contributed by atoms with Crippen molar-refractivity contribution in [1.29, 1.82) is 0 Å². The minimum absolute atomic E-state index is 0.161. The van der Waals surface area contributed by atoms with Crippen LogP contribution in [0.3, 0.4) is 0 Å². The van der Waals surface area contributed by atoms with Gasteiger partial charge in [-0.15, -0.1) is 0 Å².